The van der Waals surface area contributed by atoms with Crippen LogP contribution in [0.15, 0.2) is 98.1 Å². The standard InChI is InChI=1S/C13H17N3.C7H6O.C6H11N3/c1-2-5-13(6-3-1)11-14-7-4-9-16-10-8-15-12-16;8-6-7-4-2-1-3-5-7;7-2-1-4-9-5-3-8-6-9/h1-3,5-6,8,10,12,14H,4,7,9,11H2;1-6H;3,5-6H,1-2,4,7H2. The minimum absolute atomic E-state index is 0.729. The Labute approximate surface area is 196 Å². The monoisotopic (exact) mass is 446 g/mol. The Bertz CT molecular complexity index is 941. The summed E-state index contributed by atoms with van der Waals surface area (Å²) in [6.45, 7) is 4.74. The number of hydrogen-bond acceptors (Lipinski definition) is 5. The van der Waals surface area contributed by atoms with Crippen LogP contribution in [-0.4, -0.2) is 38.5 Å². The molecule has 4 rings (SSSR count). The number of aromatic nitrogens is 4. The average molecular weight is 447 g/mol. The Morgan fingerprint density at radius 3 is 1.88 bits per heavy atom. The Morgan fingerprint density at radius 2 is 1.39 bits per heavy atom. The van der Waals surface area contributed by atoms with E-state index in [9.17, 15) is 4.79 Å². The highest BCUT2D eigenvalue weighted by Gasteiger charge is 1.92. The number of carbonyl (C=O) groups excluding carboxylic acids is 1. The molecule has 0 amide bonds. The van der Waals surface area contributed by atoms with Crippen molar-refractivity contribution in [3.8, 4) is 0 Å². The van der Waals surface area contributed by atoms with Crippen LogP contribution in [0.2, 0.25) is 0 Å². The number of rotatable bonds is 10. The molecule has 2 aromatic heterocycles. The summed E-state index contributed by atoms with van der Waals surface area (Å²) < 4.78 is 4.12. The Morgan fingerprint density at radius 1 is 0.818 bits per heavy atom. The summed E-state index contributed by atoms with van der Waals surface area (Å²) in [4.78, 5) is 17.9. The number of aryl methyl sites for hydroxylation is 2. The predicted octanol–water partition coefficient (Wildman–Crippen LogP) is 3.79. The molecule has 7 nitrogen and oxygen atoms in total. The maximum Gasteiger partial charge on any atom is 0.150 e. The molecule has 33 heavy (non-hydrogen) atoms. The maximum atomic E-state index is 10.0. The molecule has 0 aliphatic heterocycles. The van der Waals surface area contributed by atoms with Gasteiger partial charge in [-0.3, -0.25) is 4.79 Å². The Balaban J connectivity index is 0.000000192. The smallest absolute Gasteiger partial charge is 0.150 e. The van der Waals surface area contributed by atoms with E-state index in [2.05, 4.69) is 44.1 Å². The van der Waals surface area contributed by atoms with Crippen molar-refractivity contribution in [2.24, 2.45) is 5.73 Å². The fourth-order valence-electron chi connectivity index (χ4n) is 2.86. The van der Waals surface area contributed by atoms with Gasteiger partial charge < -0.3 is 20.2 Å². The normalized spacial score (nSPS) is 9.85. The number of imidazole rings is 2. The van der Waals surface area contributed by atoms with Gasteiger partial charge in [-0.15, -0.1) is 0 Å². The van der Waals surface area contributed by atoms with E-state index in [1.54, 1.807) is 24.7 Å². The van der Waals surface area contributed by atoms with Crippen LogP contribution in [0, 0.1) is 0 Å². The highest BCUT2D eigenvalue weighted by Crippen LogP contribution is 1.97. The molecule has 0 radical (unpaired) electrons. The second-order valence-corrected chi connectivity index (χ2v) is 7.29. The van der Waals surface area contributed by atoms with Gasteiger partial charge in [0.05, 0.1) is 12.7 Å². The predicted molar refractivity (Wildman–Crippen MR) is 133 cm³/mol. The van der Waals surface area contributed by atoms with Crippen LogP contribution in [0.5, 0.6) is 0 Å². The van der Waals surface area contributed by atoms with Crippen LogP contribution in [0.4, 0.5) is 0 Å². The van der Waals surface area contributed by atoms with Crippen LogP contribution >= 0.6 is 0 Å². The molecule has 174 valence electrons. The number of hydrogen-bond donors (Lipinski definition) is 2. The van der Waals surface area contributed by atoms with Gasteiger partial charge in [0.1, 0.15) is 6.29 Å². The van der Waals surface area contributed by atoms with Crippen molar-refractivity contribution < 1.29 is 4.79 Å². The minimum Gasteiger partial charge on any atom is -0.337 e. The van der Waals surface area contributed by atoms with Gasteiger partial charge >= 0.3 is 0 Å². The van der Waals surface area contributed by atoms with E-state index in [0.717, 1.165) is 57.4 Å². The van der Waals surface area contributed by atoms with E-state index in [0.29, 0.717) is 0 Å². The zero-order valence-electron chi connectivity index (χ0n) is 19.0. The zero-order valence-corrected chi connectivity index (χ0v) is 19.0. The number of carbonyl (C=O) groups is 1. The van der Waals surface area contributed by atoms with Crippen molar-refractivity contribution in [2.75, 3.05) is 13.1 Å². The molecule has 3 N–H and O–H groups in total. The summed E-state index contributed by atoms with van der Waals surface area (Å²) in [6, 6.07) is 19.6. The summed E-state index contributed by atoms with van der Waals surface area (Å²) in [5.41, 5.74) is 7.38. The molecule has 0 spiro atoms. The van der Waals surface area contributed by atoms with Crippen LogP contribution in [0.3, 0.4) is 0 Å². The lowest BCUT2D eigenvalue weighted by Gasteiger charge is -2.05. The quantitative estimate of drug-likeness (QED) is 0.286. The van der Waals surface area contributed by atoms with Crippen LogP contribution < -0.4 is 11.1 Å². The van der Waals surface area contributed by atoms with Gasteiger partial charge in [0.25, 0.3) is 0 Å². The number of aldehydes is 1. The van der Waals surface area contributed by atoms with Crippen molar-refractivity contribution in [1.29, 1.82) is 0 Å². The molecule has 0 unspecified atom stereocenters. The largest absolute Gasteiger partial charge is 0.337 e. The van der Waals surface area contributed by atoms with Crippen LogP contribution in [0.1, 0.15) is 28.8 Å². The lowest BCUT2D eigenvalue weighted by molar-refractivity contribution is 0.112. The highest BCUT2D eigenvalue weighted by molar-refractivity contribution is 5.74. The van der Waals surface area contributed by atoms with Crippen molar-refractivity contribution in [3.63, 3.8) is 0 Å². The first-order valence-corrected chi connectivity index (χ1v) is 11.2. The summed E-state index contributed by atoms with van der Waals surface area (Å²) in [5, 5.41) is 3.43. The number of benzene rings is 2. The first kappa shape index (κ1) is 25.7. The van der Waals surface area contributed by atoms with E-state index < -0.39 is 0 Å². The van der Waals surface area contributed by atoms with E-state index >= 15 is 0 Å². The third-order valence-electron chi connectivity index (χ3n) is 4.62. The fourth-order valence-corrected chi connectivity index (χ4v) is 2.86. The second-order valence-electron chi connectivity index (χ2n) is 7.29. The lowest BCUT2D eigenvalue weighted by atomic mass is 10.2. The summed E-state index contributed by atoms with van der Waals surface area (Å²) in [6.07, 6.45) is 14.2. The van der Waals surface area contributed by atoms with Crippen molar-refractivity contribution >= 4 is 6.29 Å². The molecular formula is C26H34N6O. The number of nitrogens with zero attached hydrogens (tertiary/aromatic N) is 4. The molecule has 0 saturated carbocycles. The summed E-state index contributed by atoms with van der Waals surface area (Å²) >= 11 is 0. The third-order valence-corrected chi connectivity index (χ3v) is 4.62. The molecular weight excluding hydrogens is 412 g/mol. The SMILES string of the molecule is NCCCn1ccnc1.O=Cc1ccccc1.c1ccc(CNCCCn2ccnc2)cc1. The molecule has 0 aliphatic rings. The Kier molecular flexibility index (Phi) is 13.3. The van der Waals surface area contributed by atoms with Gasteiger partial charge in [-0.1, -0.05) is 60.7 Å². The Hall–Kier alpha value is -3.55. The van der Waals surface area contributed by atoms with Gasteiger partial charge in [0.2, 0.25) is 0 Å². The molecule has 0 atom stereocenters. The lowest BCUT2D eigenvalue weighted by Crippen LogP contribution is -2.16. The molecule has 4 aromatic rings. The van der Waals surface area contributed by atoms with E-state index in [1.807, 2.05) is 53.8 Å². The number of nitrogens with two attached hydrogens (primary N) is 1. The van der Waals surface area contributed by atoms with Crippen LogP contribution in [0.25, 0.3) is 0 Å². The fraction of sp³-hybridized carbons (Fsp3) is 0.269. The number of nitrogens with one attached hydrogen (secondary N) is 1. The first-order chi connectivity index (χ1) is 16.3. The van der Waals surface area contributed by atoms with Crippen molar-refractivity contribution in [3.05, 3.63) is 109 Å². The van der Waals surface area contributed by atoms with Gasteiger partial charge in [0, 0.05) is 50.0 Å². The van der Waals surface area contributed by atoms with Crippen molar-refractivity contribution in [2.45, 2.75) is 32.5 Å². The van der Waals surface area contributed by atoms with Gasteiger partial charge in [-0.25, -0.2) is 9.97 Å². The summed E-state index contributed by atoms with van der Waals surface area (Å²) in [7, 11) is 0. The van der Waals surface area contributed by atoms with Crippen LogP contribution in [-0.2, 0) is 19.6 Å². The molecule has 0 bridgehead atoms. The maximum absolute atomic E-state index is 10.0. The molecule has 0 fully saturated rings. The molecule has 0 aliphatic carbocycles. The minimum atomic E-state index is 0.729. The molecule has 2 aromatic carbocycles. The molecule has 7 heteroatoms. The van der Waals surface area contributed by atoms with Gasteiger partial charge in [-0.05, 0) is 31.5 Å². The molecule has 2 heterocycles. The first-order valence-electron chi connectivity index (χ1n) is 11.2. The highest BCUT2D eigenvalue weighted by atomic mass is 16.1. The van der Waals surface area contributed by atoms with E-state index in [1.165, 1.54) is 5.56 Å². The topological polar surface area (TPSA) is 90.8 Å². The van der Waals surface area contributed by atoms with Gasteiger partial charge in [-0.2, -0.15) is 0 Å². The van der Waals surface area contributed by atoms with E-state index in [4.69, 9.17) is 5.73 Å². The summed E-state index contributed by atoms with van der Waals surface area (Å²) in [5.74, 6) is 0. The third kappa shape index (κ3) is 12.2. The van der Waals surface area contributed by atoms with Gasteiger partial charge in [0.15, 0.2) is 0 Å². The molecule has 0 saturated heterocycles. The second kappa shape index (κ2) is 17.1. The van der Waals surface area contributed by atoms with Crippen molar-refractivity contribution in [1.82, 2.24) is 24.4 Å². The average Bonchev–Trinajstić information content (AvgIpc) is 3.59. The zero-order chi connectivity index (χ0) is 23.4. The van der Waals surface area contributed by atoms with E-state index in [-0.39, 0.29) is 0 Å².